The molecule has 0 aliphatic rings. The lowest BCUT2D eigenvalue weighted by Gasteiger charge is -2.06. The van der Waals surface area contributed by atoms with Gasteiger partial charge in [-0.15, -0.1) is 0 Å². The zero-order chi connectivity index (χ0) is 15.8. The molecule has 2 aromatic carbocycles. The molecule has 0 atom stereocenters. The van der Waals surface area contributed by atoms with Gasteiger partial charge in [-0.2, -0.15) is 5.10 Å². The van der Waals surface area contributed by atoms with Gasteiger partial charge in [0.15, 0.2) is 11.5 Å². The second-order valence-electron chi connectivity index (χ2n) is 4.62. The highest BCUT2D eigenvalue weighted by atomic mass is 16.5. The van der Waals surface area contributed by atoms with E-state index < -0.39 is 0 Å². The number of amides is 1. The third-order valence-corrected chi connectivity index (χ3v) is 2.89. The minimum atomic E-state index is -0.189. The molecule has 0 heterocycles. The molecule has 0 unspecified atom stereocenters. The fraction of sp³-hybridized carbons (Fsp3) is 0.176. The molecule has 114 valence electrons. The van der Waals surface area contributed by atoms with Gasteiger partial charge in [-0.3, -0.25) is 4.79 Å². The first kappa shape index (κ1) is 15.6. The van der Waals surface area contributed by atoms with Crippen LogP contribution in [0.2, 0.25) is 0 Å². The van der Waals surface area contributed by atoms with Crippen molar-refractivity contribution >= 4 is 12.1 Å². The molecule has 22 heavy (non-hydrogen) atoms. The van der Waals surface area contributed by atoms with Gasteiger partial charge < -0.3 is 9.84 Å². The van der Waals surface area contributed by atoms with Gasteiger partial charge in [0.2, 0.25) is 5.91 Å². The monoisotopic (exact) mass is 298 g/mol. The van der Waals surface area contributed by atoms with Crippen molar-refractivity contribution in [2.24, 2.45) is 5.10 Å². The Bertz CT molecular complexity index is 654. The van der Waals surface area contributed by atoms with E-state index in [0.717, 1.165) is 11.1 Å². The SMILES string of the molecule is CCOc1cc(/C=N/NC(=O)Cc2ccccc2)ccc1O. The molecule has 0 bridgehead atoms. The lowest BCUT2D eigenvalue weighted by Crippen LogP contribution is -2.19. The number of nitrogens with zero attached hydrogens (tertiary/aromatic N) is 1. The Morgan fingerprint density at radius 3 is 2.77 bits per heavy atom. The van der Waals surface area contributed by atoms with Crippen LogP contribution in [0.15, 0.2) is 53.6 Å². The lowest BCUT2D eigenvalue weighted by molar-refractivity contribution is -0.120. The number of benzene rings is 2. The minimum absolute atomic E-state index is 0.0760. The average Bonchev–Trinajstić information content (AvgIpc) is 2.51. The van der Waals surface area contributed by atoms with E-state index in [0.29, 0.717) is 12.4 Å². The van der Waals surface area contributed by atoms with Crippen molar-refractivity contribution in [3.63, 3.8) is 0 Å². The van der Waals surface area contributed by atoms with E-state index in [-0.39, 0.29) is 18.1 Å². The Labute approximate surface area is 129 Å². The number of carbonyl (C=O) groups is 1. The summed E-state index contributed by atoms with van der Waals surface area (Å²) in [6, 6.07) is 14.3. The Kier molecular flexibility index (Phi) is 5.54. The second kappa shape index (κ2) is 7.83. The predicted molar refractivity (Wildman–Crippen MR) is 85.2 cm³/mol. The first-order valence-corrected chi connectivity index (χ1v) is 7.00. The molecule has 0 spiro atoms. The molecule has 0 radical (unpaired) electrons. The topological polar surface area (TPSA) is 70.9 Å². The molecule has 0 aliphatic carbocycles. The van der Waals surface area contributed by atoms with Gasteiger partial charge in [-0.1, -0.05) is 30.3 Å². The highest BCUT2D eigenvalue weighted by Gasteiger charge is 2.03. The van der Waals surface area contributed by atoms with Crippen molar-refractivity contribution in [3.05, 3.63) is 59.7 Å². The molecular weight excluding hydrogens is 280 g/mol. The summed E-state index contributed by atoms with van der Waals surface area (Å²) in [5, 5.41) is 13.5. The van der Waals surface area contributed by atoms with Gasteiger partial charge in [-0.05, 0) is 36.2 Å². The first-order chi connectivity index (χ1) is 10.7. The third kappa shape index (κ3) is 4.63. The summed E-state index contributed by atoms with van der Waals surface area (Å²) in [7, 11) is 0. The number of hydrogen-bond donors (Lipinski definition) is 2. The summed E-state index contributed by atoms with van der Waals surface area (Å²) in [6.07, 6.45) is 1.78. The average molecular weight is 298 g/mol. The van der Waals surface area contributed by atoms with Crippen LogP contribution in [0.25, 0.3) is 0 Å². The highest BCUT2D eigenvalue weighted by Crippen LogP contribution is 2.26. The highest BCUT2D eigenvalue weighted by molar-refractivity contribution is 5.84. The number of hydrazone groups is 1. The maximum absolute atomic E-state index is 11.7. The predicted octanol–water partition coefficient (Wildman–Crippen LogP) is 2.48. The number of hydrogen-bond acceptors (Lipinski definition) is 4. The number of carbonyl (C=O) groups excluding carboxylic acids is 1. The molecule has 1 amide bonds. The van der Waals surface area contributed by atoms with E-state index in [1.54, 1.807) is 12.1 Å². The lowest BCUT2D eigenvalue weighted by atomic mass is 10.1. The van der Waals surface area contributed by atoms with E-state index in [1.807, 2.05) is 37.3 Å². The number of phenols is 1. The molecule has 5 heteroatoms. The molecule has 0 saturated carbocycles. The zero-order valence-electron chi connectivity index (χ0n) is 12.3. The molecule has 0 aliphatic heterocycles. The summed E-state index contributed by atoms with van der Waals surface area (Å²) in [6.45, 7) is 2.30. The van der Waals surface area contributed by atoms with Crippen LogP contribution >= 0.6 is 0 Å². The number of rotatable bonds is 6. The Hall–Kier alpha value is -2.82. The standard InChI is InChI=1S/C17H18N2O3/c1-2-22-16-10-14(8-9-15(16)20)12-18-19-17(21)11-13-6-4-3-5-7-13/h3-10,12,20H,2,11H2,1H3,(H,19,21)/b18-12+. The van der Waals surface area contributed by atoms with Crippen LogP contribution in [-0.4, -0.2) is 23.8 Å². The normalized spacial score (nSPS) is 10.6. The van der Waals surface area contributed by atoms with E-state index in [4.69, 9.17) is 4.74 Å². The Morgan fingerprint density at radius 1 is 1.27 bits per heavy atom. The van der Waals surface area contributed by atoms with Crippen molar-refractivity contribution in [2.75, 3.05) is 6.61 Å². The molecule has 0 aromatic heterocycles. The third-order valence-electron chi connectivity index (χ3n) is 2.89. The van der Waals surface area contributed by atoms with Crippen LogP contribution < -0.4 is 10.2 Å². The summed E-state index contributed by atoms with van der Waals surface area (Å²) in [5.41, 5.74) is 4.13. The first-order valence-electron chi connectivity index (χ1n) is 7.00. The van der Waals surface area contributed by atoms with E-state index in [2.05, 4.69) is 10.5 Å². The number of phenolic OH excluding ortho intramolecular Hbond substituents is 1. The largest absolute Gasteiger partial charge is 0.504 e. The summed E-state index contributed by atoms with van der Waals surface area (Å²) < 4.78 is 5.28. The summed E-state index contributed by atoms with van der Waals surface area (Å²) in [4.78, 5) is 11.7. The molecule has 2 aromatic rings. The van der Waals surface area contributed by atoms with Gasteiger partial charge in [0.05, 0.1) is 19.2 Å². The van der Waals surface area contributed by atoms with Crippen LogP contribution in [0, 0.1) is 0 Å². The van der Waals surface area contributed by atoms with Crippen LogP contribution in [0.4, 0.5) is 0 Å². The molecule has 2 N–H and O–H groups in total. The maximum Gasteiger partial charge on any atom is 0.244 e. The van der Waals surface area contributed by atoms with Gasteiger partial charge in [0.1, 0.15) is 0 Å². The zero-order valence-corrected chi connectivity index (χ0v) is 12.3. The summed E-state index contributed by atoms with van der Waals surface area (Å²) >= 11 is 0. The quantitative estimate of drug-likeness (QED) is 0.636. The van der Waals surface area contributed by atoms with Crippen molar-refractivity contribution in [2.45, 2.75) is 13.3 Å². The van der Waals surface area contributed by atoms with Crippen LogP contribution in [0.3, 0.4) is 0 Å². The number of ether oxygens (including phenoxy) is 1. The molecule has 5 nitrogen and oxygen atoms in total. The smallest absolute Gasteiger partial charge is 0.244 e. The van der Waals surface area contributed by atoms with Crippen molar-refractivity contribution in [1.29, 1.82) is 0 Å². The number of nitrogens with one attached hydrogen (secondary N) is 1. The Balaban J connectivity index is 1.92. The van der Waals surface area contributed by atoms with Crippen molar-refractivity contribution in [1.82, 2.24) is 5.43 Å². The number of aromatic hydroxyl groups is 1. The Morgan fingerprint density at radius 2 is 2.05 bits per heavy atom. The van der Waals surface area contributed by atoms with Crippen LogP contribution in [0.5, 0.6) is 11.5 Å². The van der Waals surface area contributed by atoms with Crippen molar-refractivity contribution < 1.29 is 14.6 Å². The maximum atomic E-state index is 11.7. The van der Waals surface area contributed by atoms with Crippen LogP contribution in [0.1, 0.15) is 18.1 Å². The molecule has 2 rings (SSSR count). The van der Waals surface area contributed by atoms with E-state index in [1.165, 1.54) is 12.3 Å². The van der Waals surface area contributed by atoms with E-state index >= 15 is 0 Å². The minimum Gasteiger partial charge on any atom is -0.504 e. The van der Waals surface area contributed by atoms with E-state index in [9.17, 15) is 9.90 Å². The van der Waals surface area contributed by atoms with Gasteiger partial charge >= 0.3 is 0 Å². The van der Waals surface area contributed by atoms with Gasteiger partial charge in [0, 0.05) is 0 Å². The molecular formula is C17H18N2O3. The van der Waals surface area contributed by atoms with Crippen molar-refractivity contribution in [3.8, 4) is 11.5 Å². The molecule has 0 saturated heterocycles. The molecule has 0 fully saturated rings. The van der Waals surface area contributed by atoms with Crippen LogP contribution in [-0.2, 0) is 11.2 Å². The second-order valence-corrected chi connectivity index (χ2v) is 4.62. The fourth-order valence-corrected chi connectivity index (χ4v) is 1.88. The summed E-state index contributed by atoms with van der Waals surface area (Å²) in [5.74, 6) is 0.278. The van der Waals surface area contributed by atoms with Gasteiger partial charge in [-0.25, -0.2) is 5.43 Å². The van der Waals surface area contributed by atoms with Gasteiger partial charge in [0.25, 0.3) is 0 Å². The fourth-order valence-electron chi connectivity index (χ4n) is 1.88.